The predicted octanol–water partition coefficient (Wildman–Crippen LogP) is 2.23. The van der Waals surface area contributed by atoms with Crippen LogP contribution in [0.2, 0.25) is 0 Å². The van der Waals surface area contributed by atoms with E-state index in [0.29, 0.717) is 5.41 Å². The van der Waals surface area contributed by atoms with E-state index in [1.165, 1.54) is 25.9 Å². The molecule has 100 valence electrons. The molecule has 2 rings (SSSR count). The monoisotopic (exact) mass is 249 g/mol. The normalized spacial score (nSPS) is 19.5. The van der Waals surface area contributed by atoms with Gasteiger partial charge in [0.25, 0.3) is 0 Å². The number of pyridine rings is 1. The van der Waals surface area contributed by atoms with E-state index in [0.717, 1.165) is 18.1 Å². The molecule has 0 radical (unpaired) electrons. The van der Waals surface area contributed by atoms with E-state index in [2.05, 4.69) is 29.2 Å². The van der Waals surface area contributed by atoms with Crippen LogP contribution in [-0.4, -0.2) is 43.7 Å². The minimum absolute atomic E-state index is 0.383. The van der Waals surface area contributed by atoms with Gasteiger partial charge < -0.3 is 15.0 Å². The Kier molecular flexibility index (Phi) is 4.07. The molecule has 0 unspecified atom stereocenters. The van der Waals surface area contributed by atoms with Crippen LogP contribution in [0.25, 0.3) is 0 Å². The van der Waals surface area contributed by atoms with Gasteiger partial charge in [-0.2, -0.15) is 0 Å². The molecule has 0 aliphatic carbocycles. The predicted molar refractivity (Wildman–Crippen MR) is 74.1 cm³/mol. The van der Waals surface area contributed by atoms with Crippen molar-refractivity contribution in [2.45, 2.75) is 19.8 Å². The summed E-state index contributed by atoms with van der Waals surface area (Å²) in [4.78, 5) is 6.73. The summed E-state index contributed by atoms with van der Waals surface area (Å²) in [6.45, 7) is 5.72. The molecule has 0 aromatic carbocycles. The third kappa shape index (κ3) is 3.35. The van der Waals surface area contributed by atoms with E-state index in [4.69, 9.17) is 4.74 Å². The molecule has 1 aromatic rings. The first kappa shape index (κ1) is 13.1. The zero-order valence-corrected chi connectivity index (χ0v) is 11.6. The van der Waals surface area contributed by atoms with Gasteiger partial charge in [0.2, 0.25) is 0 Å². The molecule has 4 heteroatoms. The Bertz CT molecular complexity index is 369. The molecule has 18 heavy (non-hydrogen) atoms. The maximum atomic E-state index is 5.10. The Morgan fingerprint density at radius 3 is 2.67 bits per heavy atom. The fourth-order valence-corrected chi connectivity index (χ4v) is 2.24. The Morgan fingerprint density at radius 2 is 2.11 bits per heavy atom. The van der Waals surface area contributed by atoms with Gasteiger partial charge in [0.15, 0.2) is 0 Å². The van der Waals surface area contributed by atoms with Gasteiger partial charge in [-0.15, -0.1) is 0 Å². The first-order valence-electron chi connectivity index (χ1n) is 6.54. The molecule has 0 saturated carbocycles. The van der Waals surface area contributed by atoms with Gasteiger partial charge in [-0.25, -0.2) is 4.98 Å². The lowest BCUT2D eigenvalue weighted by molar-refractivity contribution is 0.150. The first-order valence-corrected chi connectivity index (χ1v) is 6.54. The quantitative estimate of drug-likeness (QED) is 0.888. The van der Waals surface area contributed by atoms with Crippen molar-refractivity contribution in [1.29, 1.82) is 0 Å². The standard InChI is InChI=1S/C14H23N3O/c1-14(6-8-17(2)9-7-14)11-16-13-5-4-12(18-3)10-15-13/h4-5,10H,6-9,11H2,1-3H3,(H,15,16). The van der Waals surface area contributed by atoms with Crippen molar-refractivity contribution in [3.05, 3.63) is 18.3 Å². The van der Waals surface area contributed by atoms with Crippen molar-refractivity contribution < 1.29 is 4.74 Å². The van der Waals surface area contributed by atoms with Gasteiger partial charge in [-0.05, 0) is 50.5 Å². The van der Waals surface area contributed by atoms with Gasteiger partial charge in [0.1, 0.15) is 11.6 Å². The SMILES string of the molecule is COc1ccc(NCC2(C)CCN(C)CC2)nc1. The third-order valence-electron chi connectivity index (χ3n) is 3.86. The molecule has 0 bridgehead atoms. The zero-order valence-electron chi connectivity index (χ0n) is 11.6. The third-order valence-corrected chi connectivity index (χ3v) is 3.86. The fraction of sp³-hybridized carbons (Fsp3) is 0.643. The highest BCUT2D eigenvalue weighted by molar-refractivity contribution is 5.37. The maximum Gasteiger partial charge on any atom is 0.137 e. The summed E-state index contributed by atoms with van der Waals surface area (Å²) in [5, 5.41) is 3.44. The molecule has 4 nitrogen and oxygen atoms in total. The Morgan fingerprint density at radius 1 is 1.39 bits per heavy atom. The lowest BCUT2D eigenvalue weighted by atomic mass is 9.80. The van der Waals surface area contributed by atoms with Gasteiger partial charge in [0, 0.05) is 6.54 Å². The van der Waals surface area contributed by atoms with Crippen molar-refractivity contribution in [3.63, 3.8) is 0 Å². The summed E-state index contributed by atoms with van der Waals surface area (Å²) in [5.41, 5.74) is 0.383. The summed E-state index contributed by atoms with van der Waals surface area (Å²) in [5.74, 6) is 1.72. The molecule has 1 fully saturated rings. The maximum absolute atomic E-state index is 5.10. The van der Waals surface area contributed by atoms with Crippen molar-refractivity contribution in [1.82, 2.24) is 9.88 Å². The molecule has 1 aromatic heterocycles. The molecule has 2 heterocycles. The molecule has 1 saturated heterocycles. The average Bonchev–Trinajstić information content (AvgIpc) is 2.41. The van der Waals surface area contributed by atoms with Crippen LogP contribution in [0, 0.1) is 5.41 Å². The minimum atomic E-state index is 0.383. The molecular formula is C14H23N3O. The van der Waals surface area contributed by atoms with Crippen molar-refractivity contribution in [2.24, 2.45) is 5.41 Å². The first-order chi connectivity index (χ1) is 8.61. The molecule has 1 aliphatic rings. The number of anilines is 1. The summed E-state index contributed by atoms with van der Waals surface area (Å²) in [6.07, 6.45) is 4.23. The fourth-order valence-electron chi connectivity index (χ4n) is 2.24. The number of rotatable bonds is 4. The van der Waals surface area contributed by atoms with Crippen molar-refractivity contribution >= 4 is 5.82 Å². The summed E-state index contributed by atoms with van der Waals surface area (Å²) < 4.78 is 5.10. The second-order valence-corrected chi connectivity index (χ2v) is 5.55. The number of methoxy groups -OCH3 is 1. The van der Waals surface area contributed by atoms with E-state index in [9.17, 15) is 0 Å². The number of hydrogen-bond donors (Lipinski definition) is 1. The van der Waals surface area contributed by atoms with E-state index in [-0.39, 0.29) is 0 Å². The van der Waals surface area contributed by atoms with E-state index in [1.54, 1.807) is 13.3 Å². The smallest absolute Gasteiger partial charge is 0.137 e. The van der Waals surface area contributed by atoms with Crippen LogP contribution in [0.5, 0.6) is 5.75 Å². The van der Waals surface area contributed by atoms with Crippen molar-refractivity contribution in [3.8, 4) is 5.75 Å². The molecular weight excluding hydrogens is 226 g/mol. The van der Waals surface area contributed by atoms with Crippen LogP contribution in [0.1, 0.15) is 19.8 Å². The number of aromatic nitrogens is 1. The molecule has 0 spiro atoms. The van der Waals surface area contributed by atoms with Crippen molar-refractivity contribution in [2.75, 3.05) is 39.1 Å². The van der Waals surface area contributed by atoms with Crippen LogP contribution in [0.15, 0.2) is 18.3 Å². The minimum Gasteiger partial charge on any atom is -0.495 e. The van der Waals surface area contributed by atoms with Gasteiger partial charge >= 0.3 is 0 Å². The van der Waals surface area contributed by atoms with Gasteiger partial charge in [0.05, 0.1) is 13.3 Å². The Hall–Kier alpha value is -1.29. The van der Waals surface area contributed by atoms with Crippen LogP contribution < -0.4 is 10.1 Å². The van der Waals surface area contributed by atoms with Gasteiger partial charge in [-0.3, -0.25) is 0 Å². The molecule has 0 atom stereocenters. The lowest BCUT2D eigenvalue weighted by Crippen LogP contribution is -2.40. The molecule has 1 aliphatic heterocycles. The number of piperidine rings is 1. The van der Waals surface area contributed by atoms with Crippen LogP contribution >= 0.6 is 0 Å². The lowest BCUT2D eigenvalue weighted by Gasteiger charge is -2.38. The Labute approximate surface area is 109 Å². The number of nitrogens with zero attached hydrogens (tertiary/aromatic N) is 2. The zero-order chi connectivity index (χ0) is 13.0. The molecule has 1 N–H and O–H groups in total. The number of nitrogens with one attached hydrogen (secondary N) is 1. The summed E-state index contributed by atoms with van der Waals surface area (Å²) in [6, 6.07) is 3.91. The Balaban J connectivity index is 1.86. The second kappa shape index (κ2) is 5.57. The summed E-state index contributed by atoms with van der Waals surface area (Å²) >= 11 is 0. The highest BCUT2D eigenvalue weighted by atomic mass is 16.5. The molecule has 0 amide bonds. The number of ether oxygens (including phenoxy) is 1. The van der Waals surface area contributed by atoms with Crippen LogP contribution in [0.3, 0.4) is 0 Å². The second-order valence-electron chi connectivity index (χ2n) is 5.55. The van der Waals surface area contributed by atoms with E-state index < -0.39 is 0 Å². The highest BCUT2D eigenvalue weighted by Crippen LogP contribution is 2.30. The summed E-state index contributed by atoms with van der Waals surface area (Å²) in [7, 11) is 3.85. The van der Waals surface area contributed by atoms with Crippen LogP contribution in [0.4, 0.5) is 5.82 Å². The topological polar surface area (TPSA) is 37.4 Å². The average molecular weight is 249 g/mol. The largest absolute Gasteiger partial charge is 0.495 e. The highest BCUT2D eigenvalue weighted by Gasteiger charge is 2.28. The van der Waals surface area contributed by atoms with E-state index >= 15 is 0 Å². The van der Waals surface area contributed by atoms with E-state index in [1.807, 2.05) is 12.1 Å². The number of hydrogen-bond acceptors (Lipinski definition) is 4. The number of likely N-dealkylation sites (tertiary alicyclic amines) is 1. The van der Waals surface area contributed by atoms with Gasteiger partial charge in [-0.1, -0.05) is 6.92 Å². The van der Waals surface area contributed by atoms with Crippen LogP contribution in [-0.2, 0) is 0 Å².